The molecule has 3 rings (SSSR count). The average molecular weight is 390 g/mol. The number of ketones is 2. The summed E-state index contributed by atoms with van der Waals surface area (Å²) in [6.45, 7) is 5.14. The minimum Gasteiger partial charge on any atom is -0.292 e. The van der Waals surface area contributed by atoms with Gasteiger partial charge in [0.1, 0.15) is 5.69 Å². The molecule has 0 atom stereocenters. The van der Waals surface area contributed by atoms with Crippen molar-refractivity contribution in [2.75, 3.05) is 0 Å². The monoisotopic (exact) mass is 390 g/mol. The molecule has 0 radical (unpaired) electrons. The van der Waals surface area contributed by atoms with Gasteiger partial charge < -0.3 is 0 Å². The van der Waals surface area contributed by atoms with Gasteiger partial charge in [-0.2, -0.15) is 0 Å². The van der Waals surface area contributed by atoms with Crippen LogP contribution in [0.15, 0.2) is 58.1 Å². The SMILES string of the molecule is CCc1c(C(=O)c2cc(C)cc(C)c2)n(CC(=O)c2ccccc2)c(=O)[nH]c1=O. The Kier molecular flexibility index (Phi) is 5.73. The molecule has 0 fully saturated rings. The second kappa shape index (κ2) is 8.22. The molecule has 1 aromatic heterocycles. The maximum Gasteiger partial charge on any atom is 0.329 e. The first-order valence-corrected chi connectivity index (χ1v) is 9.39. The van der Waals surface area contributed by atoms with E-state index in [9.17, 15) is 19.2 Å². The third-order valence-corrected chi connectivity index (χ3v) is 4.75. The first kappa shape index (κ1) is 20.2. The van der Waals surface area contributed by atoms with Crippen LogP contribution < -0.4 is 11.2 Å². The second-order valence-electron chi connectivity index (χ2n) is 7.02. The highest BCUT2D eigenvalue weighted by molar-refractivity contribution is 6.09. The van der Waals surface area contributed by atoms with Crippen LogP contribution in [0.1, 0.15) is 50.0 Å². The summed E-state index contributed by atoms with van der Waals surface area (Å²) < 4.78 is 1.08. The van der Waals surface area contributed by atoms with Crippen LogP contribution in [0.2, 0.25) is 0 Å². The summed E-state index contributed by atoms with van der Waals surface area (Å²) in [4.78, 5) is 53.2. The van der Waals surface area contributed by atoms with Crippen molar-refractivity contribution in [2.24, 2.45) is 0 Å². The molecule has 0 bridgehead atoms. The number of hydrogen-bond acceptors (Lipinski definition) is 4. The Labute approximate surface area is 167 Å². The van der Waals surface area contributed by atoms with Crippen molar-refractivity contribution < 1.29 is 9.59 Å². The Morgan fingerprint density at radius 1 is 0.931 bits per heavy atom. The summed E-state index contributed by atoms with van der Waals surface area (Å²) in [6.07, 6.45) is 0.251. The Balaban J connectivity index is 2.19. The molecular formula is C23H22N2O4. The number of Topliss-reactive ketones (excluding diaryl/α,β-unsaturated/α-hetero) is 1. The zero-order valence-corrected chi connectivity index (χ0v) is 16.6. The Morgan fingerprint density at radius 3 is 2.14 bits per heavy atom. The number of H-pyrrole nitrogens is 1. The average Bonchev–Trinajstić information content (AvgIpc) is 2.69. The van der Waals surface area contributed by atoms with Crippen LogP contribution in [0.3, 0.4) is 0 Å². The van der Waals surface area contributed by atoms with E-state index in [1.165, 1.54) is 0 Å². The van der Waals surface area contributed by atoms with Gasteiger partial charge in [-0.15, -0.1) is 0 Å². The molecule has 2 aromatic carbocycles. The molecule has 29 heavy (non-hydrogen) atoms. The van der Waals surface area contributed by atoms with Gasteiger partial charge in [0.05, 0.1) is 6.54 Å². The lowest BCUT2D eigenvalue weighted by atomic mass is 9.99. The topological polar surface area (TPSA) is 89.0 Å². The molecule has 0 saturated heterocycles. The van der Waals surface area contributed by atoms with E-state index in [0.29, 0.717) is 11.1 Å². The summed E-state index contributed by atoms with van der Waals surface area (Å²) in [7, 11) is 0. The van der Waals surface area contributed by atoms with Gasteiger partial charge in [0.25, 0.3) is 5.56 Å². The van der Waals surface area contributed by atoms with E-state index in [0.717, 1.165) is 15.7 Å². The minimum atomic E-state index is -0.774. The Bertz CT molecular complexity index is 1180. The molecule has 0 unspecified atom stereocenters. The lowest BCUT2D eigenvalue weighted by Crippen LogP contribution is -2.38. The highest BCUT2D eigenvalue weighted by Crippen LogP contribution is 2.16. The van der Waals surface area contributed by atoms with E-state index in [1.807, 2.05) is 19.9 Å². The summed E-state index contributed by atoms with van der Waals surface area (Å²) in [5, 5.41) is 0. The predicted molar refractivity (Wildman–Crippen MR) is 111 cm³/mol. The summed E-state index contributed by atoms with van der Waals surface area (Å²) in [5.41, 5.74) is 1.37. The van der Waals surface area contributed by atoms with Crippen LogP contribution in [-0.2, 0) is 13.0 Å². The molecule has 1 heterocycles. The van der Waals surface area contributed by atoms with Crippen molar-refractivity contribution in [2.45, 2.75) is 33.7 Å². The largest absolute Gasteiger partial charge is 0.329 e. The van der Waals surface area contributed by atoms with E-state index < -0.39 is 17.0 Å². The number of nitrogens with zero attached hydrogens (tertiary/aromatic N) is 1. The summed E-state index contributed by atoms with van der Waals surface area (Å²) in [5.74, 6) is -0.769. The van der Waals surface area contributed by atoms with Gasteiger partial charge in [0.2, 0.25) is 5.78 Å². The van der Waals surface area contributed by atoms with Crippen molar-refractivity contribution in [1.29, 1.82) is 0 Å². The number of aromatic amines is 1. The smallest absolute Gasteiger partial charge is 0.292 e. The third kappa shape index (κ3) is 4.16. The first-order chi connectivity index (χ1) is 13.8. The number of carbonyl (C=O) groups is 2. The fourth-order valence-electron chi connectivity index (χ4n) is 3.45. The van der Waals surface area contributed by atoms with Crippen LogP contribution in [0.25, 0.3) is 0 Å². The maximum absolute atomic E-state index is 13.3. The quantitative estimate of drug-likeness (QED) is 0.656. The van der Waals surface area contributed by atoms with Crippen LogP contribution in [0.5, 0.6) is 0 Å². The van der Waals surface area contributed by atoms with Crippen LogP contribution in [0.4, 0.5) is 0 Å². The number of aromatic nitrogens is 2. The molecular weight excluding hydrogens is 368 g/mol. The van der Waals surface area contributed by atoms with Crippen LogP contribution in [0, 0.1) is 13.8 Å². The van der Waals surface area contributed by atoms with Gasteiger partial charge in [-0.25, -0.2) is 4.79 Å². The van der Waals surface area contributed by atoms with Crippen molar-refractivity contribution in [3.8, 4) is 0 Å². The van der Waals surface area contributed by atoms with Crippen molar-refractivity contribution in [1.82, 2.24) is 9.55 Å². The molecule has 0 aliphatic carbocycles. The molecule has 6 nitrogen and oxygen atoms in total. The van der Waals surface area contributed by atoms with E-state index in [2.05, 4.69) is 4.98 Å². The number of benzene rings is 2. The third-order valence-electron chi connectivity index (χ3n) is 4.75. The highest BCUT2D eigenvalue weighted by atomic mass is 16.2. The summed E-state index contributed by atoms with van der Waals surface area (Å²) in [6, 6.07) is 13.9. The lowest BCUT2D eigenvalue weighted by molar-refractivity contribution is 0.0964. The van der Waals surface area contributed by atoms with Gasteiger partial charge in [-0.05, 0) is 32.4 Å². The summed E-state index contributed by atoms with van der Waals surface area (Å²) >= 11 is 0. The van der Waals surface area contributed by atoms with Gasteiger partial charge in [-0.3, -0.25) is 23.9 Å². The predicted octanol–water partition coefficient (Wildman–Crippen LogP) is 2.83. The molecule has 0 saturated carbocycles. The Morgan fingerprint density at radius 2 is 1.55 bits per heavy atom. The number of aryl methyl sites for hydroxylation is 2. The van der Waals surface area contributed by atoms with Crippen molar-refractivity contribution in [3.05, 3.63) is 103 Å². The van der Waals surface area contributed by atoms with E-state index in [4.69, 9.17) is 0 Å². The second-order valence-corrected chi connectivity index (χ2v) is 7.02. The number of nitrogens with one attached hydrogen (secondary N) is 1. The van der Waals surface area contributed by atoms with Crippen molar-refractivity contribution >= 4 is 11.6 Å². The molecule has 3 aromatic rings. The van der Waals surface area contributed by atoms with Crippen LogP contribution >= 0.6 is 0 Å². The van der Waals surface area contributed by atoms with E-state index in [-0.39, 0.29) is 30.0 Å². The molecule has 148 valence electrons. The minimum absolute atomic E-state index is 0.0319. The molecule has 0 aliphatic heterocycles. The molecule has 6 heteroatoms. The molecule has 1 N–H and O–H groups in total. The van der Waals surface area contributed by atoms with Crippen molar-refractivity contribution in [3.63, 3.8) is 0 Å². The Hall–Kier alpha value is -3.54. The zero-order chi connectivity index (χ0) is 21.1. The number of hydrogen-bond donors (Lipinski definition) is 1. The standard InChI is InChI=1S/C23H22N2O4/c1-4-18-20(21(27)17-11-14(2)10-15(3)12-17)25(23(29)24-22(18)28)13-19(26)16-8-6-5-7-9-16/h5-12H,4,13H2,1-3H3,(H,24,28,29). The molecule has 0 aliphatic rings. The van der Waals surface area contributed by atoms with Gasteiger partial charge in [0.15, 0.2) is 5.78 Å². The van der Waals surface area contributed by atoms with Gasteiger partial charge in [-0.1, -0.05) is 54.4 Å². The highest BCUT2D eigenvalue weighted by Gasteiger charge is 2.23. The fourth-order valence-corrected chi connectivity index (χ4v) is 3.45. The number of carbonyl (C=O) groups excluding carboxylic acids is 2. The molecule has 0 spiro atoms. The lowest BCUT2D eigenvalue weighted by Gasteiger charge is -2.15. The number of rotatable bonds is 6. The van der Waals surface area contributed by atoms with Gasteiger partial charge in [0, 0.05) is 16.7 Å². The van der Waals surface area contributed by atoms with E-state index >= 15 is 0 Å². The molecule has 0 amide bonds. The fraction of sp³-hybridized carbons (Fsp3) is 0.217. The van der Waals surface area contributed by atoms with E-state index in [1.54, 1.807) is 49.4 Å². The zero-order valence-electron chi connectivity index (χ0n) is 16.6. The van der Waals surface area contributed by atoms with Gasteiger partial charge >= 0.3 is 5.69 Å². The van der Waals surface area contributed by atoms with Crippen LogP contribution in [-0.4, -0.2) is 21.1 Å². The first-order valence-electron chi connectivity index (χ1n) is 9.39. The maximum atomic E-state index is 13.3. The normalized spacial score (nSPS) is 10.7.